The van der Waals surface area contributed by atoms with Gasteiger partial charge in [-0.3, -0.25) is 5.32 Å². The molecule has 27 heavy (non-hydrogen) atoms. The molecule has 4 rings (SSSR count). The minimum atomic E-state index is -0.471. The van der Waals surface area contributed by atoms with Gasteiger partial charge in [-0.1, -0.05) is 11.6 Å². The van der Waals surface area contributed by atoms with Gasteiger partial charge in [0.2, 0.25) is 5.95 Å². The van der Waals surface area contributed by atoms with E-state index >= 15 is 0 Å². The monoisotopic (exact) mass is 387 g/mol. The highest BCUT2D eigenvalue weighted by atomic mass is 35.5. The molecule has 0 saturated carbocycles. The Morgan fingerprint density at radius 2 is 2.15 bits per heavy atom. The summed E-state index contributed by atoms with van der Waals surface area (Å²) in [6.07, 6.45) is 6.73. The fourth-order valence-corrected chi connectivity index (χ4v) is 3.30. The Balaban J connectivity index is 1.67. The van der Waals surface area contributed by atoms with Crippen LogP contribution in [0.3, 0.4) is 0 Å². The Labute approximate surface area is 161 Å². The molecule has 140 valence electrons. The van der Waals surface area contributed by atoms with Gasteiger partial charge in [-0.25, -0.2) is 24.3 Å². The van der Waals surface area contributed by atoms with Gasteiger partial charge in [-0.2, -0.15) is 0 Å². The van der Waals surface area contributed by atoms with E-state index in [1.54, 1.807) is 12.3 Å². The predicted molar refractivity (Wildman–Crippen MR) is 104 cm³/mol. The van der Waals surface area contributed by atoms with E-state index in [0.717, 1.165) is 13.0 Å². The molecule has 3 aromatic rings. The number of fused-ring (bicyclic) bond motifs is 1. The van der Waals surface area contributed by atoms with Crippen molar-refractivity contribution in [1.82, 2.24) is 25.3 Å². The van der Waals surface area contributed by atoms with Crippen molar-refractivity contribution >= 4 is 40.1 Å². The van der Waals surface area contributed by atoms with Crippen molar-refractivity contribution < 1.29 is 4.39 Å². The number of piperidine rings is 1. The summed E-state index contributed by atoms with van der Waals surface area (Å²) in [5.74, 6) is 0.634. The van der Waals surface area contributed by atoms with Crippen molar-refractivity contribution in [2.24, 2.45) is 0 Å². The van der Waals surface area contributed by atoms with E-state index in [1.165, 1.54) is 31.3 Å². The molecular weight excluding hydrogens is 369 g/mol. The van der Waals surface area contributed by atoms with E-state index in [-0.39, 0.29) is 11.2 Å². The third-order valence-electron chi connectivity index (χ3n) is 4.61. The average molecular weight is 388 g/mol. The van der Waals surface area contributed by atoms with Gasteiger partial charge in [-0.05, 0) is 44.0 Å². The Kier molecular flexibility index (Phi) is 5.00. The molecule has 2 aromatic heterocycles. The molecule has 1 atom stereocenters. The lowest BCUT2D eigenvalue weighted by Crippen LogP contribution is -2.47. The molecule has 1 aliphatic heterocycles. The third kappa shape index (κ3) is 3.77. The fraction of sp³-hybridized carbons (Fsp3) is 0.333. The van der Waals surface area contributed by atoms with Crippen LogP contribution < -0.4 is 15.5 Å². The van der Waals surface area contributed by atoms with E-state index in [2.05, 4.69) is 30.6 Å². The highest BCUT2D eigenvalue weighted by molar-refractivity contribution is 6.31. The number of benzene rings is 1. The van der Waals surface area contributed by atoms with Crippen molar-refractivity contribution in [3.05, 3.63) is 41.6 Å². The molecule has 7 nitrogen and oxygen atoms in total. The van der Waals surface area contributed by atoms with Crippen molar-refractivity contribution in [3.63, 3.8) is 0 Å². The quantitative estimate of drug-likeness (QED) is 0.709. The SMILES string of the molecule is CN(c1ncc2ncnc(Nc3ccc(F)c(Cl)c3)c2n1)C1CCCCN1. The lowest BCUT2D eigenvalue weighted by Gasteiger charge is -2.32. The van der Waals surface area contributed by atoms with Gasteiger partial charge in [0.15, 0.2) is 5.82 Å². The van der Waals surface area contributed by atoms with Gasteiger partial charge in [-0.15, -0.1) is 0 Å². The summed E-state index contributed by atoms with van der Waals surface area (Å²) in [6, 6.07) is 4.40. The average Bonchev–Trinajstić information content (AvgIpc) is 2.71. The van der Waals surface area contributed by atoms with Crippen LogP contribution in [-0.4, -0.2) is 39.7 Å². The molecule has 1 unspecified atom stereocenters. The first-order chi connectivity index (χ1) is 13.1. The first-order valence-electron chi connectivity index (χ1n) is 8.78. The van der Waals surface area contributed by atoms with Crippen LogP contribution in [0.25, 0.3) is 11.0 Å². The van der Waals surface area contributed by atoms with Gasteiger partial charge in [0.1, 0.15) is 23.2 Å². The number of rotatable bonds is 4. The largest absolute Gasteiger partial charge is 0.338 e. The summed E-state index contributed by atoms with van der Waals surface area (Å²) in [4.78, 5) is 19.7. The molecule has 1 fully saturated rings. The summed E-state index contributed by atoms with van der Waals surface area (Å²) in [5, 5.41) is 6.65. The Morgan fingerprint density at radius 1 is 1.26 bits per heavy atom. The lowest BCUT2D eigenvalue weighted by atomic mass is 10.1. The zero-order chi connectivity index (χ0) is 18.8. The molecule has 0 radical (unpaired) electrons. The maximum Gasteiger partial charge on any atom is 0.227 e. The first-order valence-corrected chi connectivity index (χ1v) is 9.15. The van der Waals surface area contributed by atoms with Crippen LogP contribution in [0.5, 0.6) is 0 Å². The second-order valence-electron chi connectivity index (χ2n) is 6.46. The standard InChI is InChI=1S/C18H19ClFN7/c1-27(15-4-2-3-7-21-15)18-22-9-14-16(26-18)17(24-10-23-14)25-11-5-6-13(20)12(19)8-11/h5-6,8-10,15,21H,2-4,7H2,1H3,(H,23,24,25). The lowest BCUT2D eigenvalue weighted by molar-refractivity contribution is 0.394. The number of nitrogens with zero attached hydrogens (tertiary/aromatic N) is 5. The van der Waals surface area contributed by atoms with E-state index in [4.69, 9.17) is 11.6 Å². The van der Waals surface area contributed by atoms with Crippen molar-refractivity contribution in [3.8, 4) is 0 Å². The number of nitrogens with one attached hydrogen (secondary N) is 2. The zero-order valence-electron chi connectivity index (χ0n) is 14.8. The van der Waals surface area contributed by atoms with Gasteiger partial charge >= 0.3 is 0 Å². The first kappa shape index (κ1) is 17.8. The molecule has 0 aliphatic carbocycles. The molecule has 9 heteroatoms. The van der Waals surface area contributed by atoms with E-state index < -0.39 is 5.82 Å². The third-order valence-corrected chi connectivity index (χ3v) is 4.90. The smallest absolute Gasteiger partial charge is 0.227 e. The van der Waals surface area contributed by atoms with Crippen LogP contribution in [0, 0.1) is 5.82 Å². The highest BCUT2D eigenvalue weighted by Gasteiger charge is 2.20. The summed E-state index contributed by atoms with van der Waals surface area (Å²) in [6.45, 7) is 0.990. The van der Waals surface area contributed by atoms with Crippen molar-refractivity contribution in [2.45, 2.75) is 25.4 Å². The maximum absolute atomic E-state index is 13.4. The van der Waals surface area contributed by atoms with Crippen LogP contribution in [0.1, 0.15) is 19.3 Å². The van der Waals surface area contributed by atoms with Crippen molar-refractivity contribution in [1.29, 1.82) is 0 Å². The normalized spacial score (nSPS) is 17.1. The molecule has 1 aromatic carbocycles. The Bertz CT molecular complexity index is 962. The fourth-order valence-electron chi connectivity index (χ4n) is 3.12. The van der Waals surface area contributed by atoms with E-state index in [1.807, 2.05) is 11.9 Å². The number of aromatic nitrogens is 4. The number of hydrogen-bond acceptors (Lipinski definition) is 7. The van der Waals surface area contributed by atoms with E-state index in [9.17, 15) is 4.39 Å². The molecule has 1 aliphatic rings. The molecule has 1 saturated heterocycles. The second kappa shape index (κ2) is 7.58. The zero-order valence-corrected chi connectivity index (χ0v) is 15.5. The van der Waals surface area contributed by atoms with Crippen LogP contribution in [0.2, 0.25) is 5.02 Å². The molecule has 2 N–H and O–H groups in total. The van der Waals surface area contributed by atoms with Crippen LogP contribution in [0.15, 0.2) is 30.7 Å². The molecule has 3 heterocycles. The highest BCUT2D eigenvalue weighted by Crippen LogP contribution is 2.26. The summed E-state index contributed by atoms with van der Waals surface area (Å²) < 4.78 is 13.4. The van der Waals surface area contributed by atoms with E-state index in [0.29, 0.717) is 28.5 Å². The van der Waals surface area contributed by atoms with Crippen LogP contribution in [-0.2, 0) is 0 Å². The molecule has 0 amide bonds. The number of anilines is 3. The van der Waals surface area contributed by atoms with Gasteiger partial charge in [0.25, 0.3) is 0 Å². The van der Waals surface area contributed by atoms with Crippen LogP contribution >= 0.6 is 11.6 Å². The van der Waals surface area contributed by atoms with Gasteiger partial charge in [0, 0.05) is 12.7 Å². The summed E-state index contributed by atoms with van der Waals surface area (Å²) >= 11 is 5.86. The van der Waals surface area contributed by atoms with Crippen LogP contribution in [0.4, 0.5) is 21.8 Å². The number of halogens is 2. The molecule has 0 bridgehead atoms. The van der Waals surface area contributed by atoms with Gasteiger partial charge < -0.3 is 10.2 Å². The molecule has 0 spiro atoms. The maximum atomic E-state index is 13.4. The number of hydrogen-bond donors (Lipinski definition) is 2. The summed E-state index contributed by atoms with van der Waals surface area (Å²) in [7, 11) is 1.97. The topological polar surface area (TPSA) is 78.9 Å². The van der Waals surface area contributed by atoms with Crippen molar-refractivity contribution in [2.75, 3.05) is 23.8 Å². The Morgan fingerprint density at radius 3 is 2.93 bits per heavy atom. The second-order valence-corrected chi connectivity index (χ2v) is 6.86. The van der Waals surface area contributed by atoms with Gasteiger partial charge in [0.05, 0.1) is 17.4 Å². The molecular formula is C18H19ClFN7. The minimum absolute atomic E-state index is 0.0387. The summed E-state index contributed by atoms with van der Waals surface area (Å²) in [5.41, 5.74) is 1.82. The predicted octanol–water partition coefficient (Wildman–Crippen LogP) is 3.49. The minimum Gasteiger partial charge on any atom is -0.338 e. The Hall–Kier alpha value is -2.58.